The fraction of sp³-hybridized carbons (Fsp3) is 0.474. The van der Waals surface area contributed by atoms with Crippen molar-refractivity contribution in [1.82, 2.24) is 15.2 Å². The number of aliphatic imine (C=N–C) groups is 1. The van der Waals surface area contributed by atoms with Gasteiger partial charge in [0.15, 0.2) is 5.96 Å². The number of anilines is 1. The predicted octanol–water partition coefficient (Wildman–Crippen LogP) is 2.97. The van der Waals surface area contributed by atoms with Crippen LogP contribution in [0.15, 0.2) is 29.4 Å². The van der Waals surface area contributed by atoms with Crippen molar-refractivity contribution in [2.24, 2.45) is 4.99 Å². The van der Waals surface area contributed by atoms with Gasteiger partial charge in [0, 0.05) is 50.0 Å². The van der Waals surface area contributed by atoms with Gasteiger partial charge in [-0.15, -0.1) is 11.3 Å². The second-order valence-electron chi connectivity index (χ2n) is 6.46. The normalized spacial score (nSPS) is 15.6. The van der Waals surface area contributed by atoms with E-state index in [1.165, 1.54) is 21.7 Å². The SMILES string of the molecule is CN=C(NCc1ncc(C)s1)N1CCN(c2cccc(C)c2C)CC1. The lowest BCUT2D eigenvalue weighted by Gasteiger charge is -2.38. The summed E-state index contributed by atoms with van der Waals surface area (Å²) >= 11 is 1.73. The van der Waals surface area contributed by atoms with E-state index in [4.69, 9.17) is 0 Å². The van der Waals surface area contributed by atoms with Crippen LogP contribution >= 0.6 is 11.3 Å². The maximum absolute atomic E-state index is 4.45. The monoisotopic (exact) mass is 357 g/mol. The zero-order valence-electron chi connectivity index (χ0n) is 15.5. The number of guanidine groups is 1. The van der Waals surface area contributed by atoms with Gasteiger partial charge in [0.05, 0.1) is 6.54 Å². The molecule has 2 heterocycles. The van der Waals surface area contributed by atoms with E-state index in [9.17, 15) is 0 Å². The Balaban J connectivity index is 1.57. The molecular weight excluding hydrogens is 330 g/mol. The summed E-state index contributed by atoms with van der Waals surface area (Å²) in [5, 5.41) is 4.55. The minimum atomic E-state index is 0.738. The molecule has 25 heavy (non-hydrogen) atoms. The summed E-state index contributed by atoms with van der Waals surface area (Å²) in [5.74, 6) is 0.966. The molecule has 1 aromatic heterocycles. The number of hydrogen-bond donors (Lipinski definition) is 1. The van der Waals surface area contributed by atoms with Gasteiger partial charge in [-0.25, -0.2) is 4.98 Å². The third-order valence-corrected chi connectivity index (χ3v) is 5.69. The van der Waals surface area contributed by atoms with E-state index < -0.39 is 0 Å². The van der Waals surface area contributed by atoms with Crippen LogP contribution in [0.3, 0.4) is 0 Å². The Kier molecular flexibility index (Phi) is 5.58. The van der Waals surface area contributed by atoms with Crippen molar-refractivity contribution in [3.8, 4) is 0 Å². The van der Waals surface area contributed by atoms with Crippen molar-refractivity contribution >= 4 is 23.0 Å². The number of aromatic nitrogens is 1. The molecule has 1 aromatic carbocycles. The van der Waals surface area contributed by atoms with E-state index in [2.05, 4.69) is 64.1 Å². The molecule has 1 fully saturated rings. The highest BCUT2D eigenvalue weighted by molar-refractivity contribution is 7.11. The average Bonchev–Trinajstić information content (AvgIpc) is 3.04. The highest BCUT2D eigenvalue weighted by atomic mass is 32.1. The van der Waals surface area contributed by atoms with Gasteiger partial charge in [0.25, 0.3) is 0 Å². The summed E-state index contributed by atoms with van der Waals surface area (Å²) in [6.07, 6.45) is 1.92. The largest absolute Gasteiger partial charge is 0.368 e. The highest BCUT2D eigenvalue weighted by Crippen LogP contribution is 2.23. The number of piperazine rings is 1. The number of rotatable bonds is 3. The van der Waals surface area contributed by atoms with Crippen LogP contribution < -0.4 is 10.2 Å². The minimum absolute atomic E-state index is 0.738. The van der Waals surface area contributed by atoms with Crippen molar-refractivity contribution in [3.63, 3.8) is 0 Å². The predicted molar refractivity (Wildman–Crippen MR) is 107 cm³/mol. The molecule has 1 aliphatic rings. The van der Waals surface area contributed by atoms with Crippen molar-refractivity contribution in [3.05, 3.63) is 45.4 Å². The van der Waals surface area contributed by atoms with Gasteiger partial charge < -0.3 is 15.1 Å². The summed E-state index contributed by atoms with van der Waals surface area (Å²) in [5.41, 5.74) is 4.11. The molecule has 0 unspecified atom stereocenters. The zero-order valence-corrected chi connectivity index (χ0v) is 16.4. The van der Waals surface area contributed by atoms with Crippen LogP contribution in [-0.2, 0) is 6.54 Å². The lowest BCUT2D eigenvalue weighted by Crippen LogP contribution is -2.52. The summed E-state index contributed by atoms with van der Waals surface area (Å²) in [7, 11) is 1.85. The Morgan fingerprint density at radius 1 is 1.20 bits per heavy atom. The summed E-state index contributed by atoms with van der Waals surface area (Å²) in [4.78, 5) is 14.9. The van der Waals surface area contributed by atoms with Crippen molar-refractivity contribution in [2.75, 3.05) is 38.1 Å². The molecule has 0 radical (unpaired) electrons. The van der Waals surface area contributed by atoms with Crippen LogP contribution in [0, 0.1) is 20.8 Å². The molecule has 1 saturated heterocycles. The van der Waals surface area contributed by atoms with E-state index in [-0.39, 0.29) is 0 Å². The topological polar surface area (TPSA) is 43.8 Å². The maximum Gasteiger partial charge on any atom is 0.194 e. The molecule has 0 spiro atoms. The van der Waals surface area contributed by atoms with Gasteiger partial charge in [-0.05, 0) is 38.0 Å². The Hall–Kier alpha value is -2.08. The van der Waals surface area contributed by atoms with E-state index in [1.54, 1.807) is 11.3 Å². The molecule has 0 bridgehead atoms. The molecule has 2 aromatic rings. The number of thiazole rings is 1. The molecule has 6 heteroatoms. The summed E-state index contributed by atoms with van der Waals surface area (Å²) < 4.78 is 0. The first-order chi connectivity index (χ1) is 12.1. The Morgan fingerprint density at radius 2 is 1.96 bits per heavy atom. The lowest BCUT2D eigenvalue weighted by molar-refractivity contribution is 0.372. The standard InChI is InChI=1S/C19H27N5S/c1-14-6-5-7-17(16(14)3)23-8-10-24(11-9-23)19(20-4)22-13-18-21-12-15(2)25-18/h5-7,12H,8-11,13H2,1-4H3,(H,20,22). The molecule has 0 aliphatic carbocycles. The molecule has 3 rings (SSSR count). The van der Waals surface area contributed by atoms with Gasteiger partial charge in [-0.2, -0.15) is 0 Å². The lowest BCUT2D eigenvalue weighted by atomic mass is 10.1. The van der Waals surface area contributed by atoms with Crippen LogP contribution in [-0.4, -0.2) is 49.1 Å². The number of aryl methyl sites for hydroxylation is 2. The Morgan fingerprint density at radius 3 is 2.60 bits per heavy atom. The fourth-order valence-electron chi connectivity index (χ4n) is 3.21. The van der Waals surface area contributed by atoms with E-state index in [0.717, 1.165) is 43.7 Å². The third-order valence-electron chi connectivity index (χ3n) is 4.77. The fourth-order valence-corrected chi connectivity index (χ4v) is 3.93. The first-order valence-electron chi connectivity index (χ1n) is 8.76. The van der Waals surface area contributed by atoms with Crippen LogP contribution in [0.25, 0.3) is 0 Å². The molecule has 0 amide bonds. The molecule has 5 nitrogen and oxygen atoms in total. The van der Waals surface area contributed by atoms with E-state index in [1.807, 2.05) is 13.2 Å². The summed E-state index contributed by atoms with van der Waals surface area (Å²) in [6.45, 7) is 11.2. The van der Waals surface area contributed by atoms with Crippen LogP contribution in [0.4, 0.5) is 5.69 Å². The van der Waals surface area contributed by atoms with Crippen LogP contribution in [0.1, 0.15) is 21.0 Å². The summed E-state index contributed by atoms with van der Waals surface area (Å²) in [6, 6.07) is 6.57. The zero-order chi connectivity index (χ0) is 17.8. The van der Waals surface area contributed by atoms with Gasteiger partial charge in [-0.3, -0.25) is 4.99 Å². The van der Waals surface area contributed by atoms with E-state index >= 15 is 0 Å². The van der Waals surface area contributed by atoms with Gasteiger partial charge in [0.1, 0.15) is 5.01 Å². The second kappa shape index (κ2) is 7.87. The maximum atomic E-state index is 4.45. The van der Waals surface area contributed by atoms with E-state index in [0.29, 0.717) is 0 Å². The second-order valence-corrected chi connectivity index (χ2v) is 7.78. The molecule has 0 saturated carbocycles. The molecule has 1 N–H and O–H groups in total. The van der Waals surface area contributed by atoms with Gasteiger partial charge >= 0.3 is 0 Å². The van der Waals surface area contributed by atoms with Crippen molar-refractivity contribution in [2.45, 2.75) is 27.3 Å². The number of hydrogen-bond acceptors (Lipinski definition) is 4. The van der Waals surface area contributed by atoms with Crippen LogP contribution in [0.2, 0.25) is 0 Å². The van der Waals surface area contributed by atoms with Gasteiger partial charge in [0.2, 0.25) is 0 Å². The van der Waals surface area contributed by atoms with Crippen molar-refractivity contribution in [1.29, 1.82) is 0 Å². The Labute approximate surface area is 154 Å². The van der Waals surface area contributed by atoms with Crippen LogP contribution in [0.5, 0.6) is 0 Å². The molecule has 134 valence electrons. The van der Waals surface area contributed by atoms with Crippen molar-refractivity contribution < 1.29 is 0 Å². The number of benzene rings is 1. The molecule has 1 aliphatic heterocycles. The minimum Gasteiger partial charge on any atom is -0.368 e. The first-order valence-corrected chi connectivity index (χ1v) is 9.58. The number of nitrogens with zero attached hydrogens (tertiary/aromatic N) is 4. The quantitative estimate of drug-likeness (QED) is 0.677. The molecule has 0 atom stereocenters. The third kappa shape index (κ3) is 4.12. The molecular formula is C19H27N5S. The average molecular weight is 358 g/mol. The smallest absolute Gasteiger partial charge is 0.194 e. The highest BCUT2D eigenvalue weighted by Gasteiger charge is 2.21. The first kappa shape index (κ1) is 17.7. The Bertz CT molecular complexity index is 744. The van der Waals surface area contributed by atoms with Gasteiger partial charge in [-0.1, -0.05) is 12.1 Å². The number of nitrogens with one attached hydrogen (secondary N) is 1.